The molecule has 0 atom stereocenters. The van der Waals surface area contributed by atoms with Gasteiger partial charge in [-0.2, -0.15) is 0 Å². The minimum absolute atomic E-state index is 0.0726. The first-order valence-electron chi connectivity index (χ1n) is 5.24. The topological polar surface area (TPSA) is 85.1 Å². The van der Waals surface area contributed by atoms with Crippen LogP contribution >= 0.6 is 11.3 Å². The number of nitrogens with zero attached hydrogens (tertiary/aromatic N) is 1. The van der Waals surface area contributed by atoms with Crippen molar-refractivity contribution in [2.75, 3.05) is 5.73 Å². The molecule has 0 bridgehead atoms. The van der Waals surface area contributed by atoms with E-state index in [-0.39, 0.29) is 12.3 Å². The van der Waals surface area contributed by atoms with Gasteiger partial charge < -0.3 is 5.73 Å². The molecule has 96 valence electrons. The first-order valence-corrected chi connectivity index (χ1v) is 7.77. The van der Waals surface area contributed by atoms with Gasteiger partial charge in [0.25, 0.3) is 0 Å². The first kappa shape index (κ1) is 13.0. The van der Waals surface area contributed by atoms with Crippen molar-refractivity contribution >= 4 is 27.0 Å². The first-order chi connectivity index (χ1) is 8.55. The summed E-state index contributed by atoms with van der Waals surface area (Å²) in [5.41, 5.74) is 8.51. The summed E-state index contributed by atoms with van der Waals surface area (Å²) in [6, 6.07) is 6.86. The van der Waals surface area contributed by atoms with E-state index in [9.17, 15) is 8.42 Å². The Morgan fingerprint density at radius 2 is 2.22 bits per heavy atom. The van der Waals surface area contributed by atoms with Crippen molar-refractivity contribution < 1.29 is 8.42 Å². The van der Waals surface area contributed by atoms with E-state index in [1.54, 1.807) is 36.0 Å². The lowest BCUT2D eigenvalue weighted by molar-refractivity contribution is 0.581. The molecule has 2 aromatic rings. The molecule has 0 unspecified atom stereocenters. The van der Waals surface area contributed by atoms with E-state index in [1.807, 2.05) is 0 Å². The lowest BCUT2D eigenvalue weighted by atomic mass is 10.2. The molecule has 1 aromatic carbocycles. The quantitative estimate of drug-likeness (QED) is 0.811. The molecule has 0 aliphatic heterocycles. The number of hydrogen-bond donors (Lipinski definition) is 2. The summed E-state index contributed by atoms with van der Waals surface area (Å²) >= 11 is 1.41. The van der Waals surface area contributed by atoms with Gasteiger partial charge in [-0.05, 0) is 17.7 Å². The lowest BCUT2D eigenvalue weighted by Crippen LogP contribution is -2.24. The fraction of sp³-hybridized carbons (Fsp3) is 0.182. The van der Waals surface area contributed by atoms with Crippen molar-refractivity contribution in [1.82, 2.24) is 9.71 Å². The molecule has 2 rings (SSSR count). The van der Waals surface area contributed by atoms with E-state index in [4.69, 9.17) is 5.73 Å². The number of aromatic nitrogens is 1. The molecule has 0 saturated heterocycles. The van der Waals surface area contributed by atoms with Crippen molar-refractivity contribution in [1.29, 1.82) is 0 Å². The molecular weight excluding hydrogens is 270 g/mol. The van der Waals surface area contributed by atoms with Crippen LogP contribution in [0.2, 0.25) is 0 Å². The normalized spacial score (nSPS) is 11.6. The Balaban J connectivity index is 1.99. The lowest BCUT2D eigenvalue weighted by Gasteiger charge is -2.06. The smallest absolute Gasteiger partial charge is 0.216 e. The Kier molecular flexibility index (Phi) is 3.95. The van der Waals surface area contributed by atoms with Crippen LogP contribution in [0.15, 0.2) is 36.0 Å². The van der Waals surface area contributed by atoms with E-state index in [0.29, 0.717) is 11.3 Å². The Bertz CT molecular complexity index is 609. The summed E-state index contributed by atoms with van der Waals surface area (Å²) in [5, 5.41) is 0. The van der Waals surface area contributed by atoms with E-state index < -0.39 is 10.0 Å². The molecule has 18 heavy (non-hydrogen) atoms. The van der Waals surface area contributed by atoms with Gasteiger partial charge in [0.15, 0.2) is 0 Å². The summed E-state index contributed by atoms with van der Waals surface area (Å²) in [4.78, 5) is 4.77. The highest BCUT2D eigenvalue weighted by Gasteiger charge is 2.11. The van der Waals surface area contributed by atoms with Crippen LogP contribution in [0.3, 0.4) is 0 Å². The Morgan fingerprint density at radius 3 is 2.89 bits per heavy atom. The Morgan fingerprint density at radius 1 is 1.39 bits per heavy atom. The van der Waals surface area contributed by atoms with Crippen LogP contribution in [0.4, 0.5) is 5.69 Å². The SMILES string of the molecule is Nc1cccc(CS(=O)(=O)NCc2cncs2)c1. The molecule has 0 amide bonds. The van der Waals surface area contributed by atoms with Gasteiger partial charge in [0.05, 0.1) is 11.3 Å². The molecule has 0 aliphatic rings. The molecule has 0 aliphatic carbocycles. The highest BCUT2D eigenvalue weighted by molar-refractivity contribution is 7.88. The minimum Gasteiger partial charge on any atom is -0.399 e. The second-order valence-corrected chi connectivity index (χ2v) is 6.57. The molecule has 0 fully saturated rings. The third-order valence-electron chi connectivity index (χ3n) is 2.26. The third kappa shape index (κ3) is 3.80. The fourth-order valence-electron chi connectivity index (χ4n) is 1.46. The number of nitrogen functional groups attached to an aromatic ring is 1. The van der Waals surface area contributed by atoms with Crippen molar-refractivity contribution in [3.8, 4) is 0 Å². The molecule has 0 radical (unpaired) electrons. The van der Waals surface area contributed by atoms with Crippen LogP contribution < -0.4 is 10.5 Å². The maximum Gasteiger partial charge on any atom is 0.216 e. The molecule has 3 N–H and O–H groups in total. The van der Waals surface area contributed by atoms with Crippen molar-refractivity contribution in [2.24, 2.45) is 0 Å². The number of nitrogens with one attached hydrogen (secondary N) is 1. The molecular formula is C11H13N3O2S2. The third-order valence-corrected chi connectivity index (χ3v) is 4.33. The van der Waals surface area contributed by atoms with E-state index in [1.165, 1.54) is 11.3 Å². The van der Waals surface area contributed by atoms with E-state index in [2.05, 4.69) is 9.71 Å². The predicted octanol–water partition coefficient (Wildman–Crippen LogP) is 1.34. The van der Waals surface area contributed by atoms with Crippen molar-refractivity contribution in [3.63, 3.8) is 0 Å². The summed E-state index contributed by atoms with van der Waals surface area (Å²) < 4.78 is 26.2. The highest BCUT2D eigenvalue weighted by Crippen LogP contribution is 2.11. The van der Waals surface area contributed by atoms with Gasteiger partial charge in [-0.3, -0.25) is 4.98 Å². The summed E-state index contributed by atoms with van der Waals surface area (Å²) in [5.74, 6) is -0.0726. The van der Waals surface area contributed by atoms with Gasteiger partial charge in [-0.15, -0.1) is 11.3 Å². The molecule has 5 nitrogen and oxygen atoms in total. The van der Waals surface area contributed by atoms with Gasteiger partial charge >= 0.3 is 0 Å². The largest absolute Gasteiger partial charge is 0.399 e. The van der Waals surface area contributed by atoms with Crippen LogP contribution in [0.1, 0.15) is 10.4 Å². The van der Waals surface area contributed by atoms with Crippen LogP contribution in [0, 0.1) is 0 Å². The van der Waals surface area contributed by atoms with Crippen LogP contribution in [-0.4, -0.2) is 13.4 Å². The number of anilines is 1. The standard InChI is InChI=1S/C11H13N3O2S2/c12-10-3-1-2-9(4-10)7-18(15,16)14-6-11-5-13-8-17-11/h1-5,8,14H,6-7,12H2. The zero-order chi connectivity index (χ0) is 13.0. The van der Waals surface area contributed by atoms with Gasteiger partial charge in [-0.25, -0.2) is 13.1 Å². The number of sulfonamides is 1. The van der Waals surface area contributed by atoms with Gasteiger partial charge in [-0.1, -0.05) is 12.1 Å². The molecule has 0 saturated carbocycles. The fourth-order valence-corrected chi connectivity index (χ4v) is 3.19. The summed E-state index contributed by atoms with van der Waals surface area (Å²) in [6.45, 7) is 0.273. The van der Waals surface area contributed by atoms with E-state index >= 15 is 0 Å². The summed E-state index contributed by atoms with van der Waals surface area (Å²) in [7, 11) is -3.35. The summed E-state index contributed by atoms with van der Waals surface area (Å²) in [6.07, 6.45) is 1.65. The van der Waals surface area contributed by atoms with Crippen LogP contribution in [-0.2, 0) is 22.3 Å². The van der Waals surface area contributed by atoms with Gasteiger partial charge in [0.1, 0.15) is 0 Å². The maximum absolute atomic E-state index is 11.8. The molecule has 1 aromatic heterocycles. The van der Waals surface area contributed by atoms with Crippen molar-refractivity contribution in [3.05, 3.63) is 46.4 Å². The maximum atomic E-state index is 11.8. The minimum atomic E-state index is -3.35. The van der Waals surface area contributed by atoms with Gasteiger partial charge in [0.2, 0.25) is 10.0 Å². The second-order valence-electron chi connectivity index (χ2n) is 3.79. The Labute approximate surface area is 110 Å². The molecule has 7 heteroatoms. The average molecular weight is 283 g/mol. The number of rotatable bonds is 5. The highest BCUT2D eigenvalue weighted by atomic mass is 32.2. The average Bonchev–Trinajstić information content (AvgIpc) is 2.78. The zero-order valence-corrected chi connectivity index (χ0v) is 11.2. The monoisotopic (exact) mass is 283 g/mol. The second kappa shape index (κ2) is 5.47. The van der Waals surface area contributed by atoms with E-state index in [0.717, 1.165) is 4.88 Å². The number of benzene rings is 1. The van der Waals surface area contributed by atoms with Crippen LogP contribution in [0.25, 0.3) is 0 Å². The molecule has 1 heterocycles. The van der Waals surface area contributed by atoms with Crippen LogP contribution in [0.5, 0.6) is 0 Å². The van der Waals surface area contributed by atoms with Gasteiger partial charge in [0, 0.05) is 23.3 Å². The number of thiazole rings is 1. The predicted molar refractivity (Wildman–Crippen MR) is 72.4 cm³/mol. The number of hydrogen-bond acceptors (Lipinski definition) is 5. The Hall–Kier alpha value is -1.44. The zero-order valence-electron chi connectivity index (χ0n) is 9.54. The number of nitrogens with two attached hydrogens (primary N) is 1. The molecule has 0 spiro atoms. The van der Waals surface area contributed by atoms with Crippen molar-refractivity contribution in [2.45, 2.75) is 12.3 Å².